The molecule has 0 heterocycles. The Labute approximate surface area is 189 Å². The molecule has 0 aliphatic carbocycles. The molecule has 0 aromatic carbocycles. The third-order valence-electron chi connectivity index (χ3n) is 4.00. The van der Waals surface area contributed by atoms with E-state index in [9.17, 15) is 13.0 Å². The molecule has 158 valence electrons. The van der Waals surface area contributed by atoms with E-state index < -0.39 is 16.5 Å². The van der Waals surface area contributed by atoms with Gasteiger partial charge < -0.3 is 14.0 Å². The summed E-state index contributed by atoms with van der Waals surface area (Å²) in [6.07, 6.45) is 7.85. The number of rotatable bonds is 18. The first-order chi connectivity index (χ1) is 12.2. The van der Waals surface area contributed by atoms with Crippen LogP contribution in [0.3, 0.4) is 0 Å². The van der Waals surface area contributed by atoms with Crippen molar-refractivity contribution in [3.05, 3.63) is 0 Å². The summed E-state index contributed by atoms with van der Waals surface area (Å²) >= 11 is 0. The second-order valence-electron chi connectivity index (χ2n) is 7.76. The van der Waals surface area contributed by atoms with Crippen molar-refractivity contribution in [1.29, 1.82) is 0 Å². The number of hydrogen-bond donors (Lipinski definition) is 0. The standard InChI is InChI=1S/C19H40O6S.Na/c1-17(2)11-7-5-9-13-23-15-19(25-26(20,21)22)16-24-14-10-6-8-12-18(3)4;/h17-19H,5-16H2,1-4H3,(H,20,21,22);/q;+1/p-1. The third kappa shape index (κ3) is 24.8. The maximum Gasteiger partial charge on any atom is 1.00 e. The van der Waals surface area contributed by atoms with Gasteiger partial charge in [-0.2, -0.15) is 0 Å². The van der Waals surface area contributed by atoms with Crippen LogP contribution in [-0.4, -0.2) is 45.5 Å². The molecule has 6 nitrogen and oxygen atoms in total. The van der Waals surface area contributed by atoms with Gasteiger partial charge in [0.1, 0.15) is 6.10 Å². The quantitative estimate of drug-likeness (QED) is 0.144. The van der Waals surface area contributed by atoms with Gasteiger partial charge in [-0.05, 0) is 24.7 Å². The van der Waals surface area contributed by atoms with Crippen LogP contribution < -0.4 is 29.6 Å². The molecule has 8 heteroatoms. The van der Waals surface area contributed by atoms with E-state index in [1.807, 2.05) is 0 Å². The van der Waals surface area contributed by atoms with Crippen molar-refractivity contribution in [3.8, 4) is 0 Å². The molecular formula is C19H39NaO6S. The first-order valence-corrected chi connectivity index (χ1v) is 11.3. The summed E-state index contributed by atoms with van der Waals surface area (Å²) in [5, 5.41) is 0. The van der Waals surface area contributed by atoms with Crippen LogP contribution in [0.25, 0.3) is 0 Å². The van der Waals surface area contributed by atoms with Crippen LogP contribution in [0, 0.1) is 11.8 Å². The molecule has 0 unspecified atom stereocenters. The fourth-order valence-electron chi connectivity index (χ4n) is 2.57. The molecule has 0 bridgehead atoms. The van der Waals surface area contributed by atoms with Gasteiger partial charge in [0.05, 0.1) is 13.2 Å². The van der Waals surface area contributed by atoms with E-state index in [-0.39, 0.29) is 42.8 Å². The summed E-state index contributed by atoms with van der Waals surface area (Å²) in [4.78, 5) is 0. The summed E-state index contributed by atoms with van der Waals surface area (Å²) in [5.74, 6) is 1.41. The Morgan fingerprint density at radius 3 is 1.48 bits per heavy atom. The first-order valence-electron chi connectivity index (χ1n) is 10.00. The zero-order valence-electron chi connectivity index (χ0n) is 18.1. The fourth-order valence-corrected chi connectivity index (χ4v) is 3.01. The average Bonchev–Trinajstić information content (AvgIpc) is 2.50. The van der Waals surface area contributed by atoms with Gasteiger partial charge >= 0.3 is 29.6 Å². The fraction of sp³-hybridized carbons (Fsp3) is 1.00. The minimum Gasteiger partial charge on any atom is -0.726 e. The van der Waals surface area contributed by atoms with Gasteiger partial charge in [0.25, 0.3) is 0 Å². The Hall–Kier alpha value is 0.790. The number of ether oxygens (including phenoxy) is 2. The van der Waals surface area contributed by atoms with E-state index in [4.69, 9.17) is 9.47 Å². The Kier molecular flexibility index (Phi) is 20.9. The molecule has 0 N–H and O–H groups in total. The molecule has 0 aromatic heterocycles. The second kappa shape index (κ2) is 18.8. The molecule has 27 heavy (non-hydrogen) atoms. The van der Waals surface area contributed by atoms with Gasteiger partial charge in [0.15, 0.2) is 0 Å². The molecule has 0 radical (unpaired) electrons. The molecule has 0 fully saturated rings. The van der Waals surface area contributed by atoms with E-state index in [1.165, 1.54) is 12.8 Å². The van der Waals surface area contributed by atoms with Crippen LogP contribution >= 0.6 is 0 Å². The zero-order chi connectivity index (χ0) is 19.8. The minimum absolute atomic E-state index is 0. The van der Waals surface area contributed by atoms with Gasteiger partial charge in [-0.15, -0.1) is 0 Å². The molecular weight excluding hydrogens is 379 g/mol. The van der Waals surface area contributed by atoms with Gasteiger partial charge in [-0.3, -0.25) is 4.18 Å². The molecule has 0 aliphatic heterocycles. The van der Waals surface area contributed by atoms with Crippen molar-refractivity contribution in [1.82, 2.24) is 0 Å². The number of hydrogen-bond acceptors (Lipinski definition) is 6. The van der Waals surface area contributed by atoms with Crippen LogP contribution in [0.5, 0.6) is 0 Å². The molecule has 0 atom stereocenters. The van der Waals surface area contributed by atoms with Crippen LogP contribution in [-0.2, 0) is 24.1 Å². The Balaban J connectivity index is 0. The summed E-state index contributed by atoms with van der Waals surface area (Å²) in [6.45, 7) is 9.98. The van der Waals surface area contributed by atoms with Crippen molar-refractivity contribution in [2.24, 2.45) is 11.8 Å². The normalized spacial score (nSPS) is 12.1. The van der Waals surface area contributed by atoms with Crippen LogP contribution in [0.2, 0.25) is 0 Å². The molecule has 0 aromatic rings. The van der Waals surface area contributed by atoms with Crippen LogP contribution in [0.1, 0.15) is 79.1 Å². The summed E-state index contributed by atoms with van der Waals surface area (Å²) in [6, 6.07) is 0. The zero-order valence-corrected chi connectivity index (χ0v) is 20.9. The maximum absolute atomic E-state index is 10.8. The monoisotopic (exact) mass is 418 g/mol. The largest absolute Gasteiger partial charge is 1.00 e. The Morgan fingerprint density at radius 2 is 1.15 bits per heavy atom. The topological polar surface area (TPSA) is 84.9 Å². The van der Waals surface area contributed by atoms with Gasteiger partial charge in [0, 0.05) is 13.2 Å². The first kappa shape index (κ1) is 30.0. The van der Waals surface area contributed by atoms with Crippen molar-refractivity contribution in [3.63, 3.8) is 0 Å². The van der Waals surface area contributed by atoms with E-state index in [0.29, 0.717) is 25.0 Å². The van der Waals surface area contributed by atoms with E-state index >= 15 is 0 Å². The SMILES string of the molecule is CC(C)CCCCCOCC(COCCCCCC(C)C)OS(=O)(=O)[O-].[Na+]. The van der Waals surface area contributed by atoms with Crippen molar-refractivity contribution < 1.29 is 56.2 Å². The minimum atomic E-state index is -4.76. The Morgan fingerprint density at radius 1 is 0.741 bits per heavy atom. The summed E-state index contributed by atoms with van der Waals surface area (Å²) < 4.78 is 47.9. The van der Waals surface area contributed by atoms with Crippen molar-refractivity contribution in [2.75, 3.05) is 26.4 Å². The van der Waals surface area contributed by atoms with E-state index in [0.717, 1.165) is 38.5 Å². The van der Waals surface area contributed by atoms with E-state index in [2.05, 4.69) is 31.9 Å². The van der Waals surface area contributed by atoms with Gasteiger partial charge in [-0.1, -0.05) is 66.2 Å². The van der Waals surface area contributed by atoms with Crippen LogP contribution in [0.15, 0.2) is 0 Å². The maximum atomic E-state index is 10.8. The predicted octanol–water partition coefficient (Wildman–Crippen LogP) is 1.30. The van der Waals surface area contributed by atoms with Gasteiger partial charge in [-0.25, -0.2) is 8.42 Å². The van der Waals surface area contributed by atoms with Crippen LogP contribution in [0.4, 0.5) is 0 Å². The van der Waals surface area contributed by atoms with E-state index in [1.54, 1.807) is 0 Å². The summed E-state index contributed by atoms with van der Waals surface area (Å²) in [7, 11) is -4.76. The second-order valence-corrected chi connectivity index (χ2v) is 8.77. The smallest absolute Gasteiger partial charge is 0.726 e. The van der Waals surface area contributed by atoms with Crippen molar-refractivity contribution >= 4 is 10.4 Å². The third-order valence-corrected chi connectivity index (χ3v) is 4.51. The average molecular weight is 419 g/mol. The molecule has 0 saturated heterocycles. The molecule has 0 rings (SSSR count). The Bertz CT molecular complexity index is 392. The summed E-state index contributed by atoms with van der Waals surface area (Å²) in [5.41, 5.74) is 0. The molecule has 0 saturated carbocycles. The molecule has 0 spiro atoms. The molecule has 0 amide bonds. The predicted molar refractivity (Wildman–Crippen MR) is 103 cm³/mol. The molecule has 0 aliphatic rings. The van der Waals surface area contributed by atoms with Gasteiger partial charge in [0.2, 0.25) is 10.4 Å². The van der Waals surface area contributed by atoms with Crippen molar-refractivity contribution in [2.45, 2.75) is 85.2 Å². The number of unbranched alkanes of at least 4 members (excludes halogenated alkanes) is 4.